The lowest BCUT2D eigenvalue weighted by atomic mass is 9.98. The molecule has 0 saturated carbocycles. The van der Waals surface area contributed by atoms with Crippen molar-refractivity contribution in [2.24, 2.45) is 11.8 Å². The largest absolute Gasteiger partial charge is 0.361 e. The number of aromatic amines is 1. The molecule has 0 fully saturated rings. The van der Waals surface area contributed by atoms with Crippen LogP contribution in [-0.4, -0.2) is 75.4 Å². The molecule has 5 aromatic rings. The zero-order chi connectivity index (χ0) is 42.8. The van der Waals surface area contributed by atoms with E-state index in [4.69, 9.17) is 0 Å². The van der Waals surface area contributed by atoms with Gasteiger partial charge in [0.2, 0.25) is 15.9 Å². The van der Waals surface area contributed by atoms with E-state index in [9.17, 15) is 27.6 Å². The van der Waals surface area contributed by atoms with Crippen LogP contribution in [0, 0.1) is 11.8 Å². The zero-order valence-electron chi connectivity index (χ0n) is 35.0. The third-order valence-corrected chi connectivity index (χ3v) is 11.6. The topological polar surface area (TPSA) is 166 Å². The number of nitrogens with one attached hydrogen (secondary N) is 5. The Balaban J connectivity index is 0.000000319. The molecule has 0 aliphatic heterocycles. The van der Waals surface area contributed by atoms with Gasteiger partial charge in [-0.3, -0.25) is 14.4 Å². The second-order valence-corrected chi connectivity index (χ2v) is 16.7. The maximum atomic E-state index is 13.4. The highest BCUT2D eigenvalue weighted by atomic mass is 32.2. The Bertz CT molecular complexity index is 2180. The summed E-state index contributed by atoms with van der Waals surface area (Å²) in [7, 11) is -0.369. The highest BCUT2D eigenvalue weighted by Gasteiger charge is 2.32. The minimum Gasteiger partial charge on any atom is -0.361 e. The SMILES string of the molecule is CC[C@@H](C)[C@H](NS(=O)(=O)c1cccc2ccccc12)C(=O)N[C@H](C=O)Cc1c[nH]c2ccccc12.CN[C@@H](CC(C)C)C(C)=O.CN[C@@H](Cc1ccccc1)C(C)=O. The molecule has 11 nitrogen and oxygen atoms in total. The standard InChI is InChI=1S/C27H29N3O4S.C11H15NO.C8H17NO/c1-3-18(2)26(30-35(33,34)25-14-8-10-19-9-4-5-12-23(19)25)27(32)29-21(17-31)15-20-16-28-24-13-7-6-11-22(20)24;1-9(13)11(12-2)8-10-6-4-3-5-7-10;1-6(2)5-8(9-4)7(3)10/h4-14,16-18,21,26,28,30H,3,15H2,1-2H3,(H,29,32);3-7,11-12H,8H2,1-2H3;6,8-9H,5H2,1-4H3/t18-,21+,26+;11-;8-/m100/s1. The zero-order valence-corrected chi connectivity index (χ0v) is 35.9. The highest BCUT2D eigenvalue weighted by molar-refractivity contribution is 7.89. The predicted octanol–water partition coefficient (Wildman–Crippen LogP) is 6.56. The van der Waals surface area contributed by atoms with Crippen molar-refractivity contribution in [3.63, 3.8) is 0 Å². The number of sulfonamides is 1. The van der Waals surface area contributed by atoms with Gasteiger partial charge in [0.05, 0.1) is 23.0 Å². The van der Waals surface area contributed by atoms with Crippen molar-refractivity contribution in [2.45, 2.75) is 96.3 Å². The van der Waals surface area contributed by atoms with Crippen LogP contribution in [0.5, 0.6) is 0 Å². The Kier molecular flexibility index (Phi) is 19.1. The molecule has 4 aromatic carbocycles. The normalized spacial score (nSPS) is 13.9. The average molecular weight is 812 g/mol. The molecule has 5 N–H and O–H groups in total. The lowest BCUT2D eigenvalue weighted by Gasteiger charge is -2.25. The van der Waals surface area contributed by atoms with E-state index in [1.165, 1.54) is 11.6 Å². The third-order valence-electron chi connectivity index (χ3n) is 10.1. The number of carbonyl (C=O) groups excluding carboxylic acids is 4. The van der Waals surface area contributed by atoms with Crippen molar-refractivity contribution in [3.8, 4) is 0 Å². The number of H-pyrrole nitrogens is 1. The van der Waals surface area contributed by atoms with Gasteiger partial charge >= 0.3 is 0 Å². The smallest absolute Gasteiger partial charge is 0.241 e. The lowest BCUT2D eigenvalue weighted by Crippen LogP contribution is -2.53. The number of para-hydroxylation sites is 1. The van der Waals surface area contributed by atoms with E-state index in [0.29, 0.717) is 30.4 Å². The molecule has 5 rings (SSSR count). The Morgan fingerprint density at radius 1 is 0.741 bits per heavy atom. The number of likely N-dealkylation sites (N-methyl/N-ethyl adjacent to an activating group) is 2. The van der Waals surface area contributed by atoms with E-state index in [2.05, 4.69) is 39.5 Å². The number of carbonyl (C=O) groups is 4. The number of amides is 1. The van der Waals surface area contributed by atoms with Crippen LogP contribution in [0.4, 0.5) is 0 Å². The summed E-state index contributed by atoms with van der Waals surface area (Å²) >= 11 is 0. The first kappa shape index (κ1) is 47.4. The molecule has 0 bridgehead atoms. The van der Waals surface area contributed by atoms with Crippen molar-refractivity contribution >= 4 is 55.5 Å². The van der Waals surface area contributed by atoms with Gasteiger partial charge in [0, 0.05) is 28.9 Å². The van der Waals surface area contributed by atoms with Crippen LogP contribution < -0.4 is 20.7 Å². The second-order valence-electron chi connectivity index (χ2n) is 15.0. The van der Waals surface area contributed by atoms with Gasteiger partial charge in [0.1, 0.15) is 23.9 Å². The molecule has 0 unspecified atom stereocenters. The molecule has 58 heavy (non-hydrogen) atoms. The number of fused-ring (bicyclic) bond motifs is 2. The molecule has 12 heteroatoms. The quantitative estimate of drug-likeness (QED) is 0.0622. The van der Waals surface area contributed by atoms with Crippen LogP contribution in [0.15, 0.2) is 108 Å². The Morgan fingerprint density at radius 3 is 1.90 bits per heavy atom. The van der Waals surface area contributed by atoms with E-state index in [-0.39, 0.29) is 34.5 Å². The summed E-state index contributed by atoms with van der Waals surface area (Å²) in [5.74, 6) is 0.184. The molecule has 0 radical (unpaired) electrons. The number of aldehydes is 1. The molecule has 0 aliphatic rings. The van der Waals surface area contributed by atoms with Gasteiger partial charge in [-0.25, -0.2) is 8.42 Å². The molecule has 1 aromatic heterocycles. The van der Waals surface area contributed by atoms with Crippen LogP contribution >= 0.6 is 0 Å². The number of rotatable bonds is 18. The van der Waals surface area contributed by atoms with Gasteiger partial charge in [-0.05, 0) is 81.3 Å². The van der Waals surface area contributed by atoms with Crippen molar-refractivity contribution in [2.75, 3.05) is 14.1 Å². The molecule has 1 amide bonds. The average Bonchev–Trinajstić information content (AvgIpc) is 3.63. The molecule has 1 heterocycles. The number of hydrogen-bond donors (Lipinski definition) is 5. The number of benzene rings is 4. The Labute approximate surface area is 344 Å². The summed E-state index contributed by atoms with van der Waals surface area (Å²) in [6.45, 7) is 11.2. The fraction of sp³-hybridized carbons (Fsp3) is 0.391. The molecule has 0 aliphatic carbocycles. The molecular weight excluding hydrogens is 751 g/mol. The highest BCUT2D eigenvalue weighted by Crippen LogP contribution is 2.24. The molecular formula is C46H61N5O6S. The number of Topliss-reactive ketones (excluding diaryl/α,β-unsaturated/α-hetero) is 2. The van der Waals surface area contributed by atoms with Crippen LogP contribution in [0.3, 0.4) is 0 Å². The fourth-order valence-electron chi connectivity index (χ4n) is 6.52. The first-order chi connectivity index (χ1) is 27.6. The number of aromatic nitrogens is 1. The monoisotopic (exact) mass is 811 g/mol. The van der Waals surface area contributed by atoms with Gasteiger partial charge in [-0.15, -0.1) is 0 Å². The lowest BCUT2D eigenvalue weighted by molar-refractivity contribution is -0.126. The summed E-state index contributed by atoms with van der Waals surface area (Å²) in [5, 5.41) is 11.1. The van der Waals surface area contributed by atoms with E-state index in [1.807, 2.05) is 107 Å². The van der Waals surface area contributed by atoms with Crippen LogP contribution in [-0.2, 0) is 42.0 Å². The van der Waals surface area contributed by atoms with E-state index >= 15 is 0 Å². The molecule has 5 atom stereocenters. The van der Waals surface area contributed by atoms with Crippen LogP contribution in [0.1, 0.15) is 65.5 Å². The fourth-order valence-corrected chi connectivity index (χ4v) is 8.06. The van der Waals surface area contributed by atoms with Crippen molar-refractivity contribution < 1.29 is 27.6 Å². The molecule has 0 saturated heterocycles. The minimum absolute atomic E-state index is 0.0533. The van der Waals surface area contributed by atoms with E-state index < -0.39 is 28.0 Å². The van der Waals surface area contributed by atoms with Gasteiger partial charge in [0.15, 0.2) is 0 Å². The Hall–Kier alpha value is -5.01. The van der Waals surface area contributed by atoms with Gasteiger partial charge in [-0.2, -0.15) is 4.72 Å². The predicted molar refractivity (Wildman–Crippen MR) is 234 cm³/mol. The minimum atomic E-state index is -4.01. The van der Waals surface area contributed by atoms with Crippen molar-refractivity contribution in [1.29, 1.82) is 0 Å². The summed E-state index contributed by atoms with van der Waals surface area (Å²) in [6.07, 6.45) is 5.08. The van der Waals surface area contributed by atoms with E-state index in [0.717, 1.165) is 34.7 Å². The van der Waals surface area contributed by atoms with Crippen molar-refractivity contribution in [1.82, 2.24) is 25.7 Å². The van der Waals surface area contributed by atoms with Crippen molar-refractivity contribution in [3.05, 3.63) is 114 Å². The van der Waals surface area contributed by atoms with Crippen LogP contribution in [0.2, 0.25) is 0 Å². The first-order valence-corrected chi connectivity index (χ1v) is 21.3. The summed E-state index contributed by atoms with van der Waals surface area (Å²) in [5.41, 5.74) is 3.03. The maximum absolute atomic E-state index is 13.4. The van der Waals surface area contributed by atoms with E-state index in [1.54, 1.807) is 32.0 Å². The van der Waals surface area contributed by atoms with Gasteiger partial charge in [0.25, 0.3) is 0 Å². The molecule has 312 valence electrons. The maximum Gasteiger partial charge on any atom is 0.241 e. The summed E-state index contributed by atoms with van der Waals surface area (Å²) in [6, 6.07) is 28.2. The summed E-state index contributed by atoms with van der Waals surface area (Å²) < 4.78 is 29.4. The van der Waals surface area contributed by atoms with Crippen LogP contribution in [0.25, 0.3) is 21.7 Å². The number of hydrogen-bond acceptors (Lipinski definition) is 8. The second kappa shape index (κ2) is 23.4. The first-order valence-electron chi connectivity index (χ1n) is 19.9. The molecule has 0 spiro atoms. The van der Waals surface area contributed by atoms with Gasteiger partial charge in [-0.1, -0.05) is 119 Å². The Morgan fingerprint density at radius 2 is 1.33 bits per heavy atom. The number of ketones is 2. The third kappa shape index (κ3) is 14.1. The summed E-state index contributed by atoms with van der Waals surface area (Å²) in [4.78, 5) is 50.4. The van der Waals surface area contributed by atoms with Gasteiger partial charge < -0.3 is 25.7 Å².